The lowest BCUT2D eigenvalue weighted by Gasteiger charge is -2.16. The number of nitrogens with zero attached hydrogens (tertiary/aromatic N) is 2. The summed E-state index contributed by atoms with van der Waals surface area (Å²) in [6.45, 7) is 0.216. The number of amides is 2. The molecule has 2 aromatic rings. The third-order valence-corrected chi connectivity index (χ3v) is 4.54. The molecule has 26 heavy (non-hydrogen) atoms. The van der Waals surface area contributed by atoms with Crippen molar-refractivity contribution in [2.24, 2.45) is 11.0 Å². The first-order valence-electron chi connectivity index (χ1n) is 7.78. The lowest BCUT2D eigenvalue weighted by Crippen LogP contribution is -2.30. The van der Waals surface area contributed by atoms with Crippen LogP contribution in [0.4, 0.5) is 10.1 Å². The number of nitrogens with one attached hydrogen (secondary N) is 1. The molecule has 0 aromatic heterocycles. The van der Waals surface area contributed by atoms with E-state index in [1.165, 1.54) is 35.4 Å². The van der Waals surface area contributed by atoms with E-state index in [4.69, 9.17) is 23.2 Å². The van der Waals surface area contributed by atoms with Crippen molar-refractivity contribution in [1.82, 2.24) is 5.43 Å². The van der Waals surface area contributed by atoms with Crippen LogP contribution in [0.5, 0.6) is 0 Å². The maximum Gasteiger partial charge on any atom is 0.245 e. The van der Waals surface area contributed by atoms with Gasteiger partial charge in [0.1, 0.15) is 5.82 Å². The number of anilines is 1. The minimum Gasteiger partial charge on any atom is -0.312 e. The second-order valence-electron chi connectivity index (χ2n) is 5.78. The summed E-state index contributed by atoms with van der Waals surface area (Å²) in [5.41, 5.74) is 3.58. The van der Waals surface area contributed by atoms with Crippen LogP contribution in [0.3, 0.4) is 0 Å². The van der Waals surface area contributed by atoms with Crippen molar-refractivity contribution >= 4 is 46.9 Å². The van der Waals surface area contributed by atoms with Crippen LogP contribution in [0.25, 0.3) is 0 Å². The summed E-state index contributed by atoms with van der Waals surface area (Å²) in [7, 11) is 0. The molecule has 1 saturated heterocycles. The van der Waals surface area contributed by atoms with Gasteiger partial charge in [-0.15, -0.1) is 0 Å². The van der Waals surface area contributed by atoms with Gasteiger partial charge in [-0.05, 0) is 36.4 Å². The Morgan fingerprint density at radius 1 is 1.23 bits per heavy atom. The third-order valence-electron chi connectivity index (χ3n) is 3.98. The van der Waals surface area contributed by atoms with Gasteiger partial charge in [-0.1, -0.05) is 29.3 Å². The summed E-state index contributed by atoms with van der Waals surface area (Å²) in [4.78, 5) is 25.8. The average molecular weight is 394 g/mol. The van der Waals surface area contributed by atoms with E-state index in [1.54, 1.807) is 18.2 Å². The summed E-state index contributed by atoms with van der Waals surface area (Å²) in [6.07, 6.45) is 1.48. The molecule has 0 aliphatic carbocycles. The zero-order valence-corrected chi connectivity index (χ0v) is 15.0. The predicted octanol–water partition coefficient (Wildman–Crippen LogP) is 3.64. The van der Waals surface area contributed by atoms with Crippen LogP contribution in [0.2, 0.25) is 10.0 Å². The minimum atomic E-state index is -0.537. The van der Waals surface area contributed by atoms with Crippen molar-refractivity contribution in [3.05, 3.63) is 63.9 Å². The molecule has 0 spiro atoms. The van der Waals surface area contributed by atoms with E-state index < -0.39 is 5.92 Å². The van der Waals surface area contributed by atoms with Crippen molar-refractivity contribution in [2.75, 3.05) is 11.4 Å². The first-order valence-corrected chi connectivity index (χ1v) is 8.53. The Morgan fingerprint density at radius 3 is 2.65 bits per heavy atom. The van der Waals surface area contributed by atoms with E-state index in [0.29, 0.717) is 21.3 Å². The summed E-state index contributed by atoms with van der Waals surface area (Å²) < 4.78 is 13.0. The predicted molar refractivity (Wildman–Crippen MR) is 99.1 cm³/mol. The molecule has 0 saturated carbocycles. The topological polar surface area (TPSA) is 61.8 Å². The molecule has 0 unspecified atom stereocenters. The number of hydrazone groups is 1. The molecule has 1 N–H and O–H groups in total. The highest BCUT2D eigenvalue weighted by Crippen LogP contribution is 2.25. The van der Waals surface area contributed by atoms with Gasteiger partial charge in [0.05, 0.1) is 17.2 Å². The van der Waals surface area contributed by atoms with E-state index in [0.717, 1.165) is 0 Å². The molecule has 0 bridgehead atoms. The highest BCUT2D eigenvalue weighted by molar-refractivity contribution is 6.36. The molecular formula is C18H14Cl2FN3O2. The van der Waals surface area contributed by atoms with E-state index in [1.807, 2.05) is 0 Å². The van der Waals surface area contributed by atoms with Crippen LogP contribution in [0.15, 0.2) is 47.6 Å². The summed E-state index contributed by atoms with van der Waals surface area (Å²) in [5, 5.41) is 4.79. The largest absolute Gasteiger partial charge is 0.312 e. The van der Waals surface area contributed by atoms with E-state index in [9.17, 15) is 14.0 Å². The number of hydrogen-bond acceptors (Lipinski definition) is 3. The van der Waals surface area contributed by atoms with Crippen molar-refractivity contribution in [3.8, 4) is 0 Å². The Labute approximate surface area is 159 Å². The zero-order valence-electron chi connectivity index (χ0n) is 13.5. The molecule has 134 valence electrons. The molecular weight excluding hydrogens is 380 g/mol. The number of carbonyl (C=O) groups is 2. The molecule has 1 fully saturated rings. The summed E-state index contributed by atoms with van der Waals surface area (Å²) in [6, 6.07) is 10.5. The van der Waals surface area contributed by atoms with Crippen LogP contribution < -0.4 is 10.3 Å². The standard InChI is InChI=1S/C18H14Cl2FN3O2/c19-13-2-1-11(16(20)8-13)9-22-23-18(26)12-7-17(25)24(10-12)15-5-3-14(21)4-6-15/h1-6,8-9,12H,7,10H2,(H,23,26)/b22-9-/t12-/m0/s1. The SMILES string of the molecule is O=C(N/N=C\c1ccc(Cl)cc1Cl)[C@H]1CC(=O)N(c2ccc(F)cc2)C1. The van der Waals surface area contributed by atoms with E-state index in [2.05, 4.69) is 10.5 Å². The van der Waals surface area contributed by atoms with Gasteiger partial charge in [0, 0.05) is 29.2 Å². The van der Waals surface area contributed by atoms with E-state index >= 15 is 0 Å². The Bertz CT molecular complexity index is 871. The van der Waals surface area contributed by atoms with Gasteiger partial charge in [-0.2, -0.15) is 5.10 Å². The van der Waals surface area contributed by atoms with Crippen LogP contribution in [0.1, 0.15) is 12.0 Å². The quantitative estimate of drug-likeness (QED) is 0.636. The highest BCUT2D eigenvalue weighted by atomic mass is 35.5. The molecule has 2 aromatic carbocycles. The second-order valence-corrected chi connectivity index (χ2v) is 6.63. The fraction of sp³-hybridized carbons (Fsp3) is 0.167. The monoisotopic (exact) mass is 393 g/mol. The first-order chi connectivity index (χ1) is 12.4. The number of hydrogen-bond donors (Lipinski definition) is 1. The Balaban J connectivity index is 1.61. The smallest absolute Gasteiger partial charge is 0.245 e. The van der Waals surface area contributed by atoms with E-state index in [-0.39, 0.29) is 30.6 Å². The molecule has 3 rings (SSSR count). The normalized spacial score (nSPS) is 17.1. The molecule has 2 amide bonds. The van der Waals surface area contributed by atoms with Gasteiger partial charge >= 0.3 is 0 Å². The second kappa shape index (κ2) is 7.85. The Morgan fingerprint density at radius 2 is 1.96 bits per heavy atom. The number of halogens is 3. The Hall–Kier alpha value is -2.44. The maximum atomic E-state index is 13.0. The van der Waals surface area contributed by atoms with Gasteiger partial charge in [-0.25, -0.2) is 9.82 Å². The zero-order chi connectivity index (χ0) is 18.7. The summed E-state index contributed by atoms with van der Waals surface area (Å²) in [5.74, 6) is -1.49. The van der Waals surface area contributed by atoms with Gasteiger partial charge in [0.25, 0.3) is 0 Å². The van der Waals surface area contributed by atoms with Crippen LogP contribution in [-0.4, -0.2) is 24.6 Å². The van der Waals surface area contributed by atoms with Crippen molar-refractivity contribution in [2.45, 2.75) is 6.42 Å². The fourth-order valence-electron chi connectivity index (χ4n) is 2.62. The van der Waals surface area contributed by atoms with Crippen LogP contribution >= 0.6 is 23.2 Å². The maximum absolute atomic E-state index is 13.0. The molecule has 8 heteroatoms. The van der Waals surface area contributed by atoms with Crippen molar-refractivity contribution in [1.29, 1.82) is 0 Å². The Kier molecular flexibility index (Phi) is 5.54. The van der Waals surface area contributed by atoms with Crippen LogP contribution in [-0.2, 0) is 9.59 Å². The van der Waals surface area contributed by atoms with Gasteiger partial charge in [0.15, 0.2) is 0 Å². The summed E-state index contributed by atoms with van der Waals surface area (Å²) >= 11 is 11.8. The van der Waals surface area contributed by atoms with Crippen LogP contribution in [0, 0.1) is 11.7 Å². The molecule has 5 nitrogen and oxygen atoms in total. The van der Waals surface area contributed by atoms with Crippen molar-refractivity contribution < 1.29 is 14.0 Å². The molecule has 0 radical (unpaired) electrons. The number of carbonyl (C=O) groups excluding carboxylic acids is 2. The highest BCUT2D eigenvalue weighted by Gasteiger charge is 2.35. The average Bonchev–Trinajstić information content (AvgIpc) is 2.99. The molecule has 1 aliphatic rings. The van der Waals surface area contributed by atoms with Gasteiger partial charge < -0.3 is 4.90 Å². The fourth-order valence-corrected chi connectivity index (χ4v) is 3.07. The van der Waals surface area contributed by atoms with Gasteiger partial charge in [0.2, 0.25) is 11.8 Å². The lowest BCUT2D eigenvalue weighted by atomic mass is 10.1. The first kappa shape index (κ1) is 18.4. The molecule has 1 aliphatic heterocycles. The minimum absolute atomic E-state index is 0.0699. The molecule has 1 atom stereocenters. The lowest BCUT2D eigenvalue weighted by molar-refractivity contribution is -0.126. The van der Waals surface area contributed by atoms with Crippen molar-refractivity contribution in [3.63, 3.8) is 0 Å². The molecule has 1 heterocycles. The number of benzene rings is 2. The third kappa shape index (κ3) is 4.20. The van der Waals surface area contributed by atoms with Gasteiger partial charge in [-0.3, -0.25) is 9.59 Å². The number of rotatable bonds is 4.